The quantitative estimate of drug-likeness (QED) is 0.289. The first-order valence-corrected chi connectivity index (χ1v) is 12.9. The van der Waals surface area contributed by atoms with Crippen molar-refractivity contribution in [1.82, 2.24) is 9.88 Å². The zero-order valence-electron chi connectivity index (χ0n) is 22.8. The van der Waals surface area contributed by atoms with E-state index in [-0.39, 0.29) is 25.0 Å². The van der Waals surface area contributed by atoms with Crippen molar-refractivity contribution in [2.45, 2.75) is 59.6 Å². The van der Waals surface area contributed by atoms with Crippen LogP contribution < -0.4 is 20.5 Å². The van der Waals surface area contributed by atoms with Gasteiger partial charge in [0, 0.05) is 48.4 Å². The highest BCUT2D eigenvalue weighted by atomic mass is 16.5. The lowest BCUT2D eigenvalue weighted by Crippen LogP contribution is -2.36. The topological polar surface area (TPSA) is 127 Å². The third-order valence-electron chi connectivity index (χ3n) is 6.48. The monoisotopic (exact) mass is 522 g/mol. The van der Waals surface area contributed by atoms with Crippen molar-refractivity contribution in [2.75, 3.05) is 25.6 Å². The first kappa shape index (κ1) is 28.7. The summed E-state index contributed by atoms with van der Waals surface area (Å²) in [6.45, 7) is 8.50. The molecule has 0 aliphatic heterocycles. The summed E-state index contributed by atoms with van der Waals surface area (Å²) >= 11 is 0. The molecule has 4 N–H and O–H groups in total. The molecule has 0 fully saturated rings. The number of aliphatic hydroxyl groups excluding tert-OH is 1. The number of benzene rings is 2. The van der Waals surface area contributed by atoms with E-state index < -0.39 is 5.91 Å². The van der Waals surface area contributed by atoms with Gasteiger partial charge in [0.1, 0.15) is 0 Å². The van der Waals surface area contributed by atoms with Crippen LogP contribution in [0.5, 0.6) is 11.5 Å². The molecule has 38 heavy (non-hydrogen) atoms. The highest BCUT2D eigenvalue weighted by molar-refractivity contribution is 5.98. The van der Waals surface area contributed by atoms with Crippen molar-refractivity contribution < 1.29 is 24.2 Å². The number of methoxy groups -OCH3 is 1. The number of rotatable bonds is 13. The zero-order chi connectivity index (χ0) is 27.8. The minimum atomic E-state index is -0.470. The standard InChI is InChI=1S/C29H38N4O5/c1-6-22-20(17-34)9-7-10-24(22)32-29-21(13-28(30)36)16-31-25-15-27(26(37-5)14-23(25)29)38-12-8-11-33(18(2)3)19(4)35/h7,9-10,14-16,18,34H,6,8,11-13,17H2,1-5H3,(H2,30,36)(H,31,32). The van der Waals surface area contributed by atoms with Crippen LogP contribution in [0.1, 0.15) is 50.8 Å². The molecule has 9 heteroatoms. The van der Waals surface area contributed by atoms with E-state index in [4.69, 9.17) is 15.2 Å². The van der Waals surface area contributed by atoms with Crippen LogP contribution in [-0.4, -0.2) is 53.1 Å². The lowest BCUT2D eigenvalue weighted by molar-refractivity contribution is -0.130. The Bertz CT molecular complexity index is 1290. The van der Waals surface area contributed by atoms with Gasteiger partial charge < -0.3 is 30.5 Å². The smallest absolute Gasteiger partial charge is 0.221 e. The summed E-state index contributed by atoms with van der Waals surface area (Å²) in [5, 5.41) is 14.0. The number of hydrogen-bond donors (Lipinski definition) is 3. The molecule has 3 aromatic rings. The number of nitrogens with zero attached hydrogens (tertiary/aromatic N) is 2. The summed E-state index contributed by atoms with van der Waals surface area (Å²) < 4.78 is 11.7. The molecule has 0 bridgehead atoms. The second kappa shape index (κ2) is 13.1. The number of primary amides is 1. The highest BCUT2D eigenvalue weighted by Gasteiger charge is 2.18. The molecule has 0 spiro atoms. The molecule has 0 unspecified atom stereocenters. The van der Waals surface area contributed by atoms with E-state index in [9.17, 15) is 14.7 Å². The van der Waals surface area contributed by atoms with Crippen LogP contribution in [0.4, 0.5) is 11.4 Å². The predicted molar refractivity (Wildman–Crippen MR) is 149 cm³/mol. The van der Waals surface area contributed by atoms with Gasteiger partial charge in [0.15, 0.2) is 11.5 Å². The van der Waals surface area contributed by atoms with E-state index in [1.54, 1.807) is 25.1 Å². The Morgan fingerprint density at radius 3 is 2.55 bits per heavy atom. The Hall–Kier alpha value is -3.85. The molecule has 0 aliphatic carbocycles. The number of carbonyl (C=O) groups is 2. The molecule has 0 saturated heterocycles. The summed E-state index contributed by atoms with van der Waals surface area (Å²) in [6, 6.07) is 9.48. The van der Waals surface area contributed by atoms with Crippen molar-refractivity contribution in [3.8, 4) is 11.5 Å². The first-order chi connectivity index (χ1) is 18.2. The van der Waals surface area contributed by atoms with Crippen LogP contribution in [0.3, 0.4) is 0 Å². The Balaban J connectivity index is 1.98. The zero-order valence-corrected chi connectivity index (χ0v) is 22.8. The Kier molecular flexibility index (Phi) is 9.90. The molecule has 9 nitrogen and oxygen atoms in total. The molecule has 2 amide bonds. The number of pyridine rings is 1. The maximum atomic E-state index is 11.9. The molecule has 3 rings (SSSR count). The molecule has 1 heterocycles. The van der Waals surface area contributed by atoms with E-state index in [0.29, 0.717) is 54.3 Å². The van der Waals surface area contributed by atoms with Crippen LogP contribution in [0, 0.1) is 0 Å². The Labute approximate surface area is 223 Å². The van der Waals surface area contributed by atoms with E-state index in [2.05, 4.69) is 10.3 Å². The van der Waals surface area contributed by atoms with Crippen molar-refractivity contribution in [3.05, 3.63) is 53.2 Å². The molecule has 0 radical (unpaired) electrons. The number of aliphatic hydroxyl groups is 1. The average Bonchev–Trinajstić information content (AvgIpc) is 2.88. The summed E-state index contributed by atoms with van der Waals surface area (Å²) in [5.41, 5.74) is 10.2. The van der Waals surface area contributed by atoms with Gasteiger partial charge in [-0.3, -0.25) is 14.6 Å². The van der Waals surface area contributed by atoms with Gasteiger partial charge in [0.2, 0.25) is 11.8 Å². The largest absolute Gasteiger partial charge is 0.493 e. The predicted octanol–water partition coefficient (Wildman–Crippen LogP) is 4.10. The van der Waals surface area contributed by atoms with Crippen LogP contribution >= 0.6 is 0 Å². The third-order valence-corrected chi connectivity index (χ3v) is 6.48. The van der Waals surface area contributed by atoms with Crippen LogP contribution in [-0.2, 0) is 29.0 Å². The maximum absolute atomic E-state index is 11.9. The van der Waals surface area contributed by atoms with Gasteiger partial charge in [0.05, 0.1) is 37.9 Å². The number of aromatic nitrogens is 1. The number of ether oxygens (including phenoxy) is 2. The fourth-order valence-corrected chi connectivity index (χ4v) is 4.63. The highest BCUT2D eigenvalue weighted by Crippen LogP contribution is 2.38. The second-order valence-electron chi connectivity index (χ2n) is 9.41. The molecule has 0 aliphatic rings. The lowest BCUT2D eigenvalue weighted by Gasteiger charge is -2.25. The normalized spacial score (nSPS) is 11.0. The van der Waals surface area contributed by atoms with Gasteiger partial charge in [-0.2, -0.15) is 0 Å². The third kappa shape index (κ3) is 6.72. The van der Waals surface area contributed by atoms with Crippen molar-refractivity contribution >= 4 is 34.1 Å². The van der Waals surface area contributed by atoms with Crippen molar-refractivity contribution in [3.63, 3.8) is 0 Å². The van der Waals surface area contributed by atoms with Crippen molar-refractivity contribution in [2.24, 2.45) is 5.73 Å². The van der Waals surface area contributed by atoms with Crippen molar-refractivity contribution in [1.29, 1.82) is 0 Å². The summed E-state index contributed by atoms with van der Waals surface area (Å²) in [5.74, 6) is 0.624. The molecule has 0 atom stereocenters. The van der Waals surface area contributed by atoms with Crippen LogP contribution in [0.2, 0.25) is 0 Å². The summed E-state index contributed by atoms with van der Waals surface area (Å²) in [4.78, 5) is 30.1. The fraction of sp³-hybridized carbons (Fsp3) is 0.414. The number of nitrogens with two attached hydrogens (primary N) is 1. The maximum Gasteiger partial charge on any atom is 0.221 e. The minimum Gasteiger partial charge on any atom is -0.493 e. The number of amides is 2. The van der Waals surface area contributed by atoms with E-state index in [1.165, 1.54) is 0 Å². The van der Waals surface area contributed by atoms with E-state index in [0.717, 1.165) is 22.2 Å². The van der Waals surface area contributed by atoms with Gasteiger partial charge >= 0.3 is 0 Å². The molecule has 1 aromatic heterocycles. The molecule has 2 aromatic carbocycles. The SMILES string of the molecule is CCc1c(CO)cccc1Nc1c(CC(N)=O)cnc2cc(OCCCN(C(C)=O)C(C)C)c(OC)cc12. The van der Waals surface area contributed by atoms with E-state index in [1.807, 2.05) is 51.1 Å². The van der Waals surface area contributed by atoms with Gasteiger partial charge in [-0.15, -0.1) is 0 Å². The Morgan fingerprint density at radius 1 is 1.18 bits per heavy atom. The van der Waals surface area contributed by atoms with Gasteiger partial charge in [-0.25, -0.2) is 0 Å². The Morgan fingerprint density at radius 2 is 1.95 bits per heavy atom. The summed E-state index contributed by atoms with van der Waals surface area (Å²) in [6.07, 6.45) is 3.03. The average molecular weight is 523 g/mol. The summed E-state index contributed by atoms with van der Waals surface area (Å²) in [7, 11) is 1.57. The van der Waals surface area contributed by atoms with Crippen LogP contribution in [0.15, 0.2) is 36.5 Å². The fourth-order valence-electron chi connectivity index (χ4n) is 4.63. The van der Waals surface area contributed by atoms with E-state index >= 15 is 0 Å². The molecule has 0 saturated carbocycles. The molecule has 204 valence electrons. The lowest BCUT2D eigenvalue weighted by atomic mass is 10.0. The van der Waals surface area contributed by atoms with Crippen LogP contribution in [0.25, 0.3) is 10.9 Å². The number of anilines is 2. The van der Waals surface area contributed by atoms with Gasteiger partial charge in [-0.05, 0) is 49.9 Å². The second-order valence-corrected chi connectivity index (χ2v) is 9.41. The van der Waals surface area contributed by atoms with Gasteiger partial charge in [0.25, 0.3) is 0 Å². The first-order valence-electron chi connectivity index (χ1n) is 12.9. The number of nitrogens with one attached hydrogen (secondary N) is 1. The number of carbonyl (C=O) groups excluding carboxylic acids is 2. The molecular weight excluding hydrogens is 484 g/mol. The van der Waals surface area contributed by atoms with Gasteiger partial charge in [-0.1, -0.05) is 19.1 Å². The number of hydrogen-bond acceptors (Lipinski definition) is 7. The molecular formula is C29H38N4O5. The number of fused-ring (bicyclic) bond motifs is 1. The minimum absolute atomic E-state index is 0.00941.